The van der Waals surface area contributed by atoms with Crippen molar-refractivity contribution in [3.8, 4) is 0 Å². The van der Waals surface area contributed by atoms with Crippen LogP contribution < -0.4 is 0 Å². The number of nitrogens with zero attached hydrogens (tertiary/aromatic N) is 1. The van der Waals surface area contributed by atoms with Crippen LogP contribution in [0.5, 0.6) is 0 Å². The van der Waals surface area contributed by atoms with Gasteiger partial charge in [0.2, 0.25) is 5.91 Å². The Morgan fingerprint density at radius 1 is 1.57 bits per heavy atom. The molecular weight excluding hydrogens is 206 g/mol. The Balaban J connectivity index is 2.17. The van der Waals surface area contributed by atoms with Crippen molar-refractivity contribution in [2.45, 2.75) is 18.3 Å². The third-order valence-corrected chi connectivity index (χ3v) is 3.91. The van der Waals surface area contributed by atoms with E-state index in [2.05, 4.69) is 0 Å². The number of hydrogen-bond acceptors (Lipinski definition) is 4. The lowest BCUT2D eigenvalue weighted by Gasteiger charge is -2.41. The first-order chi connectivity index (χ1) is 6.54. The van der Waals surface area contributed by atoms with Crippen LogP contribution in [-0.4, -0.2) is 44.8 Å². The Hall–Kier alpha value is -1.04. The lowest BCUT2D eigenvalue weighted by atomic mass is 9.93. The lowest BCUT2D eigenvalue weighted by Crippen LogP contribution is -2.63. The zero-order valence-corrected chi connectivity index (χ0v) is 8.28. The van der Waals surface area contributed by atoms with E-state index in [1.54, 1.807) is 0 Å². The molecule has 0 aliphatic carbocycles. The van der Waals surface area contributed by atoms with Gasteiger partial charge in [-0.3, -0.25) is 9.59 Å². The van der Waals surface area contributed by atoms with Gasteiger partial charge in [0, 0.05) is 5.75 Å². The van der Waals surface area contributed by atoms with Crippen molar-refractivity contribution in [1.82, 2.24) is 4.90 Å². The molecule has 0 saturated carbocycles. The fraction of sp³-hybridized carbons (Fsp3) is 0.625. The number of carbonyl (C=O) groups is 3. The summed E-state index contributed by atoms with van der Waals surface area (Å²) in [5, 5.41) is 8.55. The molecule has 0 aromatic heterocycles. The van der Waals surface area contributed by atoms with Gasteiger partial charge in [-0.05, 0) is 6.92 Å². The smallest absolute Gasteiger partial charge is 0.327 e. The second-order valence-corrected chi connectivity index (χ2v) is 4.56. The van der Waals surface area contributed by atoms with Crippen LogP contribution in [0.4, 0.5) is 0 Å². The van der Waals surface area contributed by atoms with Crippen LogP contribution in [0.3, 0.4) is 0 Å². The molecule has 1 amide bonds. The number of rotatable bonds is 2. The van der Waals surface area contributed by atoms with E-state index in [0.717, 1.165) is 0 Å². The highest BCUT2D eigenvalue weighted by Crippen LogP contribution is 2.43. The maximum absolute atomic E-state index is 11.4. The number of hydrogen-bond donors (Lipinski definition) is 1. The molecule has 2 saturated heterocycles. The van der Waals surface area contributed by atoms with E-state index in [-0.39, 0.29) is 17.1 Å². The second-order valence-electron chi connectivity index (χ2n) is 3.41. The average molecular weight is 215 g/mol. The quantitative estimate of drug-likeness (QED) is 0.499. The van der Waals surface area contributed by atoms with Gasteiger partial charge in [0.15, 0.2) is 0 Å². The van der Waals surface area contributed by atoms with Crippen molar-refractivity contribution in [2.75, 3.05) is 5.75 Å². The predicted molar refractivity (Wildman–Crippen MR) is 48.7 cm³/mol. The van der Waals surface area contributed by atoms with Gasteiger partial charge in [0.1, 0.15) is 17.7 Å². The topological polar surface area (TPSA) is 74.7 Å². The Bertz CT molecular complexity index is 329. The number of amides is 1. The molecule has 2 fully saturated rings. The van der Waals surface area contributed by atoms with Crippen LogP contribution in [0.2, 0.25) is 0 Å². The van der Waals surface area contributed by atoms with Crippen molar-refractivity contribution in [3.05, 3.63) is 0 Å². The van der Waals surface area contributed by atoms with E-state index in [1.165, 1.54) is 23.6 Å². The molecule has 3 atom stereocenters. The highest BCUT2D eigenvalue weighted by molar-refractivity contribution is 8.00. The second kappa shape index (κ2) is 2.98. The summed E-state index contributed by atoms with van der Waals surface area (Å²) < 4.78 is 0. The number of ketones is 1. The van der Waals surface area contributed by atoms with Gasteiger partial charge in [0.25, 0.3) is 0 Å². The van der Waals surface area contributed by atoms with E-state index >= 15 is 0 Å². The van der Waals surface area contributed by atoms with Gasteiger partial charge in [-0.25, -0.2) is 4.79 Å². The number of fused-ring (bicyclic) bond motifs is 1. The number of carbonyl (C=O) groups excluding carboxylic acids is 2. The Labute approximate surface area is 84.4 Å². The number of thioether (sulfide) groups is 1. The molecule has 14 heavy (non-hydrogen) atoms. The minimum Gasteiger partial charge on any atom is -0.480 e. The zero-order chi connectivity index (χ0) is 10.5. The predicted octanol–water partition coefficient (Wildman–Crippen LogP) is -0.440. The molecule has 0 aromatic carbocycles. The van der Waals surface area contributed by atoms with Crippen LogP contribution in [0.25, 0.3) is 0 Å². The normalized spacial score (nSPS) is 35.1. The summed E-state index contributed by atoms with van der Waals surface area (Å²) in [6, 6.07) is -0.742. The van der Waals surface area contributed by atoms with Crippen LogP contribution >= 0.6 is 11.8 Å². The van der Waals surface area contributed by atoms with Gasteiger partial charge in [0.05, 0.1) is 5.37 Å². The fourth-order valence-electron chi connectivity index (χ4n) is 1.83. The van der Waals surface area contributed by atoms with Crippen molar-refractivity contribution in [1.29, 1.82) is 0 Å². The summed E-state index contributed by atoms with van der Waals surface area (Å²) in [6.45, 7) is 1.37. The summed E-state index contributed by atoms with van der Waals surface area (Å²) in [5.41, 5.74) is 0. The van der Waals surface area contributed by atoms with Gasteiger partial charge in [-0.15, -0.1) is 11.8 Å². The molecular formula is C8H9NO4S. The Kier molecular flexibility index (Phi) is 2.02. The summed E-state index contributed by atoms with van der Waals surface area (Å²) >= 11 is 1.37. The largest absolute Gasteiger partial charge is 0.480 e. The number of Topliss-reactive ketones (excluding diaryl/α,β-unsaturated/α-hetero) is 1. The molecule has 0 radical (unpaired) electrons. The highest BCUT2D eigenvalue weighted by Gasteiger charge is 2.58. The summed E-state index contributed by atoms with van der Waals surface area (Å²) in [7, 11) is 0. The van der Waals surface area contributed by atoms with Crippen LogP contribution in [-0.2, 0) is 14.4 Å². The zero-order valence-electron chi connectivity index (χ0n) is 7.47. The molecule has 2 aliphatic heterocycles. The van der Waals surface area contributed by atoms with Crippen LogP contribution in [0.15, 0.2) is 0 Å². The van der Waals surface area contributed by atoms with E-state index in [0.29, 0.717) is 5.75 Å². The summed E-state index contributed by atoms with van der Waals surface area (Å²) in [4.78, 5) is 34.5. The summed E-state index contributed by atoms with van der Waals surface area (Å²) in [6.07, 6.45) is 0. The molecule has 0 aromatic rings. The molecule has 6 heteroatoms. The maximum Gasteiger partial charge on any atom is 0.327 e. The van der Waals surface area contributed by atoms with Crippen molar-refractivity contribution >= 4 is 29.4 Å². The monoisotopic (exact) mass is 215 g/mol. The fourth-order valence-corrected chi connectivity index (χ4v) is 3.42. The van der Waals surface area contributed by atoms with Gasteiger partial charge < -0.3 is 10.0 Å². The number of β-lactam (4-membered cyclic amide) rings is 1. The Morgan fingerprint density at radius 3 is 2.71 bits per heavy atom. The minimum atomic E-state index is -0.990. The SMILES string of the molecule is CC(=O)[C@@H]1C(=O)N2[C@H](C(=O)O)CS[C@@H]12. The van der Waals surface area contributed by atoms with E-state index in [4.69, 9.17) is 5.11 Å². The highest BCUT2D eigenvalue weighted by atomic mass is 32.2. The van der Waals surface area contributed by atoms with E-state index < -0.39 is 17.9 Å². The number of carboxylic acids is 1. The van der Waals surface area contributed by atoms with Gasteiger partial charge >= 0.3 is 5.97 Å². The Morgan fingerprint density at radius 2 is 2.21 bits per heavy atom. The van der Waals surface area contributed by atoms with Gasteiger partial charge in [-0.2, -0.15) is 0 Å². The molecule has 0 bridgehead atoms. The third-order valence-electron chi connectivity index (χ3n) is 2.56. The molecule has 5 nitrogen and oxygen atoms in total. The molecule has 0 spiro atoms. The average Bonchev–Trinajstić information content (AvgIpc) is 2.42. The van der Waals surface area contributed by atoms with Crippen LogP contribution in [0.1, 0.15) is 6.92 Å². The van der Waals surface area contributed by atoms with Crippen molar-refractivity contribution in [2.24, 2.45) is 5.92 Å². The van der Waals surface area contributed by atoms with E-state index in [9.17, 15) is 14.4 Å². The maximum atomic E-state index is 11.4. The minimum absolute atomic E-state index is 0.171. The number of carboxylic acid groups (broad SMARTS) is 1. The molecule has 2 aliphatic rings. The van der Waals surface area contributed by atoms with Crippen molar-refractivity contribution < 1.29 is 19.5 Å². The standard InChI is InChI=1S/C8H9NO4S/c1-3(10)5-6(11)9-4(8(12)13)2-14-7(5)9/h4-5,7H,2H2,1H3,(H,12,13)/t4-,5+,7-/m0/s1. The first-order valence-corrected chi connectivity index (χ1v) is 5.26. The first-order valence-electron chi connectivity index (χ1n) is 4.21. The summed E-state index contributed by atoms with van der Waals surface area (Å²) in [5.74, 6) is -1.72. The first kappa shape index (κ1) is 9.51. The van der Waals surface area contributed by atoms with E-state index in [1.807, 2.05) is 0 Å². The van der Waals surface area contributed by atoms with Crippen molar-refractivity contribution in [3.63, 3.8) is 0 Å². The van der Waals surface area contributed by atoms with Crippen LogP contribution in [0, 0.1) is 5.92 Å². The lowest BCUT2D eigenvalue weighted by molar-refractivity contribution is -0.164. The molecule has 1 N–H and O–H groups in total. The number of aliphatic carboxylic acids is 1. The van der Waals surface area contributed by atoms with Gasteiger partial charge in [-0.1, -0.05) is 0 Å². The third kappa shape index (κ3) is 1.06. The molecule has 2 rings (SSSR count). The molecule has 0 unspecified atom stereocenters. The molecule has 76 valence electrons. The molecule has 2 heterocycles.